The highest BCUT2D eigenvalue weighted by atomic mass is 32.2. The van der Waals surface area contributed by atoms with Crippen molar-refractivity contribution < 1.29 is 13.6 Å². The van der Waals surface area contributed by atoms with E-state index in [1.807, 2.05) is 97.9 Å². The molecular weight excluding hydrogens is 435 g/mol. The highest BCUT2D eigenvalue weighted by Crippen LogP contribution is 2.53. The summed E-state index contributed by atoms with van der Waals surface area (Å²) in [6.45, 7) is 2.04. The third-order valence-electron chi connectivity index (χ3n) is 4.53. The average Bonchev–Trinajstić information content (AvgIpc) is 2.81. The molecule has 0 saturated carbocycles. The van der Waals surface area contributed by atoms with Crippen LogP contribution < -0.4 is 9.05 Å². The van der Waals surface area contributed by atoms with Crippen molar-refractivity contribution in [2.24, 2.45) is 0 Å². The minimum absolute atomic E-state index is 0.482. The van der Waals surface area contributed by atoms with Gasteiger partial charge in [0, 0.05) is 9.80 Å². The molecule has 3 nitrogen and oxygen atoms in total. The second-order valence-corrected chi connectivity index (χ2v) is 9.94. The Labute approximate surface area is 193 Å². The Balaban J connectivity index is 1.77. The maximum atomic E-state index is 14.1. The summed E-state index contributed by atoms with van der Waals surface area (Å²) in [5.74, 6) is 2.59. The number of hydrogen-bond acceptors (Lipinski definition) is 4. The van der Waals surface area contributed by atoms with E-state index in [9.17, 15) is 4.57 Å². The number of aryl methyl sites for hydroxylation is 1. The highest BCUT2D eigenvalue weighted by Gasteiger charge is 2.27. The maximum absolute atomic E-state index is 14.1. The van der Waals surface area contributed by atoms with Crippen LogP contribution in [0.2, 0.25) is 0 Å². The van der Waals surface area contributed by atoms with Crippen LogP contribution in [-0.4, -0.2) is 0 Å². The molecule has 0 amide bonds. The van der Waals surface area contributed by atoms with Gasteiger partial charge in [-0.25, -0.2) is 4.57 Å². The smallest absolute Gasteiger partial charge is 0.413 e. The Bertz CT molecular complexity index is 1160. The molecule has 5 heteroatoms. The van der Waals surface area contributed by atoms with Gasteiger partial charge in [-0.05, 0) is 48.9 Å². The lowest BCUT2D eigenvalue weighted by molar-refractivity contribution is 0.398. The molecular formula is C27H23O3PS. The van der Waals surface area contributed by atoms with Crippen molar-refractivity contribution in [3.8, 4) is 11.5 Å². The number of benzene rings is 4. The monoisotopic (exact) mass is 458 g/mol. The van der Waals surface area contributed by atoms with Crippen LogP contribution in [0.5, 0.6) is 11.5 Å². The standard InChI is InChI=1S/C27H23O3PS/c1-22-17-19-23(20-18-22)27(32-26-15-9-4-10-16-26)21-31(28,29-24-11-5-2-6-12-24)30-25-13-7-3-8-14-25/h2-21H,1H3/b27-21+. The van der Waals surface area contributed by atoms with E-state index in [4.69, 9.17) is 9.05 Å². The molecule has 0 heterocycles. The van der Waals surface area contributed by atoms with Gasteiger partial charge >= 0.3 is 7.60 Å². The van der Waals surface area contributed by atoms with Crippen LogP contribution in [0.1, 0.15) is 11.1 Å². The van der Waals surface area contributed by atoms with Crippen molar-refractivity contribution in [2.45, 2.75) is 11.8 Å². The Morgan fingerprint density at radius 2 is 1.16 bits per heavy atom. The molecule has 0 saturated heterocycles. The van der Waals surface area contributed by atoms with Gasteiger partial charge in [0.1, 0.15) is 11.5 Å². The first kappa shape index (κ1) is 22.0. The molecule has 0 aliphatic rings. The lowest BCUT2D eigenvalue weighted by Crippen LogP contribution is -1.99. The first-order valence-corrected chi connectivity index (χ1v) is 12.6. The lowest BCUT2D eigenvalue weighted by Gasteiger charge is -2.19. The maximum Gasteiger partial charge on any atom is 0.456 e. The Morgan fingerprint density at radius 1 is 0.688 bits per heavy atom. The van der Waals surface area contributed by atoms with Crippen LogP contribution >= 0.6 is 19.4 Å². The third-order valence-corrected chi connectivity index (χ3v) is 7.30. The number of para-hydroxylation sites is 2. The summed E-state index contributed by atoms with van der Waals surface area (Å²) in [6.07, 6.45) is 0. The summed E-state index contributed by atoms with van der Waals surface area (Å²) in [6, 6.07) is 36.3. The molecule has 32 heavy (non-hydrogen) atoms. The van der Waals surface area contributed by atoms with Gasteiger partial charge in [0.2, 0.25) is 0 Å². The van der Waals surface area contributed by atoms with Crippen LogP contribution in [0.3, 0.4) is 0 Å². The van der Waals surface area contributed by atoms with E-state index >= 15 is 0 Å². The lowest BCUT2D eigenvalue weighted by atomic mass is 10.1. The normalized spacial score (nSPS) is 11.7. The Morgan fingerprint density at radius 3 is 1.66 bits per heavy atom. The van der Waals surface area contributed by atoms with E-state index in [-0.39, 0.29) is 0 Å². The van der Waals surface area contributed by atoms with E-state index in [0.29, 0.717) is 11.5 Å². The van der Waals surface area contributed by atoms with Crippen molar-refractivity contribution in [2.75, 3.05) is 0 Å². The molecule has 0 atom stereocenters. The van der Waals surface area contributed by atoms with E-state index in [1.54, 1.807) is 30.1 Å². The fraction of sp³-hybridized carbons (Fsp3) is 0.0370. The minimum atomic E-state index is -3.72. The predicted molar refractivity (Wildman–Crippen MR) is 133 cm³/mol. The highest BCUT2D eigenvalue weighted by molar-refractivity contribution is 8.08. The van der Waals surface area contributed by atoms with Crippen molar-refractivity contribution in [3.63, 3.8) is 0 Å². The molecule has 0 aliphatic heterocycles. The van der Waals surface area contributed by atoms with Crippen LogP contribution in [0.25, 0.3) is 4.91 Å². The Hall–Kier alpha value is -3.20. The number of thioether (sulfide) groups is 1. The molecule has 0 radical (unpaired) electrons. The predicted octanol–water partition coefficient (Wildman–Crippen LogP) is 8.44. The van der Waals surface area contributed by atoms with Gasteiger partial charge < -0.3 is 9.05 Å². The summed E-state index contributed by atoms with van der Waals surface area (Å²) >= 11 is 1.52. The molecule has 4 aromatic carbocycles. The van der Waals surface area contributed by atoms with Crippen LogP contribution in [0, 0.1) is 6.92 Å². The molecule has 0 aromatic heterocycles. The summed E-state index contributed by atoms with van der Waals surface area (Å²) < 4.78 is 26.0. The summed E-state index contributed by atoms with van der Waals surface area (Å²) in [7, 11) is -3.72. The van der Waals surface area contributed by atoms with Gasteiger partial charge in [-0.3, -0.25) is 0 Å². The van der Waals surface area contributed by atoms with Gasteiger partial charge in [0.15, 0.2) is 0 Å². The second-order valence-electron chi connectivity index (χ2n) is 7.12. The molecule has 0 bridgehead atoms. The summed E-state index contributed by atoms with van der Waals surface area (Å²) in [5, 5.41) is 0. The van der Waals surface area contributed by atoms with Gasteiger partial charge in [0.05, 0.1) is 5.82 Å². The zero-order chi connectivity index (χ0) is 22.2. The van der Waals surface area contributed by atoms with Gasteiger partial charge in [0.25, 0.3) is 0 Å². The fourth-order valence-corrected chi connectivity index (χ4v) is 5.77. The van der Waals surface area contributed by atoms with Crippen LogP contribution in [0.15, 0.2) is 126 Å². The van der Waals surface area contributed by atoms with Crippen molar-refractivity contribution in [3.05, 3.63) is 132 Å². The first-order chi connectivity index (χ1) is 15.6. The quantitative estimate of drug-likeness (QED) is 0.196. The SMILES string of the molecule is Cc1ccc(/C(=C\P(=O)(Oc2ccccc2)Oc2ccccc2)Sc2ccccc2)cc1. The molecule has 4 rings (SSSR count). The van der Waals surface area contributed by atoms with Gasteiger partial charge in [-0.1, -0.05) is 96.2 Å². The first-order valence-electron chi connectivity index (χ1n) is 10.2. The van der Waals surface area contributed by atoms with Crippen molar-refractivity contribution in [1.29, 1.82) is 0 Å². The van der Waals surface area contributed by atoms with E-state index < -0.39 is 7.60 Å². The molecule has 0 aliphatic carbocycles. The van der Waals surface area contributed by atoms with E-state index in [0.717, 1.165) is 20.9 Å². The van der Waals surface area contributed by atoms with E-state index in [2.05, 4.69) is 0 Å². The zero-order valence-electron chi connectivity index (χ0n) is 17.6. The third kappa shape index (κ3) is 6.16. The Kier molecular flexibility index (Phi) is 7.16. The topological polar surface area (TPSA) is 35.5 Å². The largest absolute Gasteiger partial charge is 0.456 e. The number of rotatable bonds is 8. The van der Waals surface area contributed by atoms with Gasteiger partial charge in [-0.2, -0.15) is 0 Å². The zero-order valence-corrected chi connectivity index (χ0v) is 19.3. The van der Waals surface area contributed by atoms with Crippen molar-refractivity contribution >= 4 is 24.3 Å². The molecule has 0 N–H and O–H groups in total. The van der Waals surface area contributed by atoms with Gasteiger partial charge in [-0.15, -0.1) is 0 Å². The minimum Gasteiger partial charge on any atom is -0.413 e. The summed E-state index contributed by atoms with van der Waals surface area (Å²) in [5.41, 5.74) is 2.10. The molecule has 0 fully saturated rings. The second kappa shape index (κ2) is 10.4. The summed E-state index contributed by atoms with van der Waals surface area (Å²) in [4.78, 5) is 1.83. The molecule has 0 spiro atoms. The average molecular weight is 459 g/mol. The van der Waals surface area contributed by atoms with Crippen LogP contribution in [0.4, 0.5) is 0 Å². The molecule has 0 unspecified atom stereocenters. The van der Waals surface area contributed by atoms with Crippen LogP contribution in [-0.2, 0) is 4.57 Å². The van der Waals surface area contributed by atoms with Crippen molar-refractivity contribution in [1.82, 2.24) is 0 Å². The molecule has 4 aromatic rings. The fourth-order valence-electron chi connectivity index (χ4n) is 2.96. The van der Waals surface area contributed by atoms with E-state index in [1.165, 1.54) is 11.8 Å². The number of hydrogen-bond donors (Lipinski definition) is 0. The molecule has 160 valence electrons.